The van der Waals surface area contributed by atoms with E-state index in [0.29, 0.717) is 11.4 Å². The molecule has 7 nitrogen and oxygen atoms in total. The van der Waals surface area contributed by atoms with E-state index < -0.39 is 27.9 Å². The van der Waals surface area contributed by atoms with Crippen LogP contribution in [0.2, 0.25) is 5.02 Å². The highest BCUT2D eigenvalue weighted by Crippen LogP contribution is 2.24. The predicted molar refractivity (Wildman–Crippen MR) is 114 cm³/mol. The summed E-state index contributed by atoms with van der Waals surface area (Å²) in [6, 6.07) is 10.2. The summed E-state index contributed by atoms with van der Waals surface area (Å²) in [5, 5.41) is 2.82. The number of anilines is 2. The molecule has 2 aromatic carbocycles. The molecule has 0 saturated heterocycles. The van der Waals surface area contributed by atoms with Gasteiger partial charge < -0.3 is 10.1 Å². The Labute approximate surface area is 175 Å². The van der Waals surface area contributed by atoms with Gasteiger partial charge in [0, 0.05) is 5.69 Å². The maximum absolute atomic E-state index is 12.8. The van der Waals surface area contributed by atoms with Gasteiger partial charge in [-0.3, -0.25) is 9.10 Å². The molecule has 0 spiro atoms. The maximum atomic E-state index is 12.8. The number of aryl methyl sites for hydroxylation is 1. The molecule has 2 rings (SSSR count). The summed E-state index contributed by atoms with van der Waals surface area (Å²) in [5.74, 6) is -1.17. The second-order valence-corrected chi connectivity index (χ2v) is 8.74. The normalized spacial score (nSPS) is 12.2. The number of rotatable bonds is 7. The maximum Gasteiger partial charge on any atom is 0.339 e. The van der Waals surface area contributed by atoms with Crippen LogP contribution in [-0.4, -0.2) is 39.2 Å². The first-order chi connectivity index (χ1) is 13.5. The van der Waals surface area contributed by atoms with E-state index in [2.05, 4.69) is 5.32 Å². The number of halogens is 1. The summed E-state index contributed by atoms with van der Waals surface area (Å²) in [6.45, 7) is 5.17. The zero-order valence-electron chi connectivity index (χ0n) is 16.6. The van der Waals surface area contributed by atoms with Crippen LogP contribution < -0.4 is 9.62 Å². The Morgan fingerprint density at radius 1 is 1.21 bits per heavy atom. The molecule has 156 valence electrons. The largest absolute Gasteiger partial charge is 0.462 e. The Morgan fingerprint density at radius 2 is 1.90 bits per heavy atom. The zero-order chi connectivity index (χ0) is 21.8. The highest BCUT2D eigenvalue weighted by molar-refractivity contribution is 7.92. The topological polar surface area (TPSA) is 92.8 Å². The van der Waals surface area contributed by atoms with Crippen LogP contribution in [0.25, 0.3) is 0 Å². The smallest absolute Gasteiger partial charge is 0.339 e. The third-order valence-electron chi connectivity index (χ3n) is 4.07. The third kappa shape index (κ3) is 5.71. The van der Waals surface area contributed by atoms with Crippen LogP contribution in [0, 0.1) is 6.92 Å². The van der Waals surface area contributed by atoms with Gasteiger partial charge in [0.25, 0.3) is 0 Å². The summed E-state index contributed by atoms with van der Waals surface area (Å²) in [5.41, 5.74) is 1.66. The summed E-state index contributed by atoms with van der Waals surface area (Å²) >= 11 is 6.03. The zero-order valence-corrected chi connectivity index (χ0v) is 18.2. The van der Waals surface area contributed by atoms with Crippen LogP contribution in [0.5, 0.6) is 0 Å². The van der Waals surface area contributed by atoms with Crippen molar-refractivity contribution < 1.29 is 22.7 Å². The minimum absolute atomic E-state index is 0.109. The number of nitrogens with one attached hydrogen (secondary N) is 1. The number of carbonyl (C=O) groups is 2. The molecule has 0 fully saturated rings. The SMILES string of the molecule is CCOC(=O)c1cc(NC(=O)C(C)N(c2cccc(C)c2)S(C)(=O)=O)ccc1Cl. The number of nitrogens with zero attached hydrogens (tertiary/aromatic N) is 1. The first kappa shape index (κ1) is 22.7. The molecule has 0 aliphatic rings. The van der Waals surface area contributed by atoms with Gasteiger partial charge in [0.1, 0.15) is 6.04 Å². The number of ether oxygens (including phenoxy) is 1. The van der Waals surface area contributed by atoms with Crippen molar-refractivity contribution in [1.82, 2.24) is 0 Å². The van der Waals surface area contributed by atoms with Gasteiger partial charge in [0.05, 0.1) is 29.1 Å². The number of carbonyl (C=O) groups excluding carboxylic acids is 2. The van der Waals surface area contributed by atoms with E-state index in [4.69, 9.17) is 16.3 Å². The molecule has 0 aliphatic carbocycles. The van der Waals surface area contributed by atoms with Gasteiger partial charge in [-0.2, -0.15) is 0 Å². The molecule has 0 saturated carbocycles. The van der Waals surface area contributed by atoms with Gasteiger partial charge in [0.2, 0.25) is 15.9 Å². The molecule has 9 heteroatoms. The molecule has 1 N–H and O–H groups in total. The lowest BCUT2D eigenvalue weighted by Gasteiger charge is -2.28. The fourth-order valence-corrected chi connectivity index (χ4v) is 4.15. The fraction of sp³-hybridized carbons (Fsp3) is 0.300. The van der Waals surface area contributed by atoms with Crippen LogP contribution >= 0.6 is 11.6 Å². The molecule has 0 heterocycles. The van der Waals surface area contributed by atoms with Gasteiger partial charge in [-0.1, -0.05) is 23.7 Å². The summed E-state index contributed by atoms with van der Waals surface area (Å²) in [6.07, 6.45) is 1.04. The molecule has 2 aromatic rings. The van der Waals surface area contributed by atoms with Crippen molar-refractivity contribution in [2.45, 2.75) is 26.8 Å². The van der Waals surface area contributed by atoms with Crippen LogP contribution in [0.1, 0.15) is 29.8 Å². The molecular weight excluding hydrogens is 416 g/mol. The number of hydrogen-bond donors (Lipinski definition) is 1. The van der Waals surface area contributed by atoms with E-state index in [1.165, 1.54) is 25.1 Å². The minimum Gasteiger partial charge on any atom is -0.462 e. The minimum atomic E-state index is -3.73. The van der Waals surface area contributed by atoms with Gasteiger partial charge in [-0.25, -0.2) is 13.2 Å². The quantitative estimate of drug-likeness (QED) is 0.666. The number of benzene rings is 2. The highest BCUT2D eigenvalue weighted by Gasteiger charge is 2.29. The number of hydrogen-bond acceptors (Lipinski definition) is 5. The predicted octanol–water partition coefficient (Wildman–Crippen LogP) is 3.62. The van der Waals surface area contributed by atoms with Crippen molar-refractivity contribution in [2.75, 3.05) is 22.5 Å². The monoisotopic (exact) mass is 438 g/mol. The molecule has 1 amide bonds. The van der Waals surface area contributed by atoms with E-state index in [1.807, 2.05) is 13.0 Å². The van der Waals surface area contributed by atoms with Crippen molar-refractivity contribution in [3.05, 3.63) is 58.6 Å². The van der Waals surface area contributed by atoms with Crippen molar-refractivity contribution >= 4 is 44.9 Å². The molecule has 0 radical (unpaired) electrons. The number of esters is 1. The molecule has 1 unspecified atom stereocenters. The van der Waals surface area contributed by atoms with Gasteiger partial charge in [-0.15, -0.1) is 0 Å². The van der Waals surface area contributed by atoms with Crippen molar-refractivity contribution in [2.24, 2.45) is 0 Å². The van der Waals surface area contributed by atoms with E-state index in [0.717, 1.165) is 16.1 Å². The number of amides is 1. The Morgan fingerprint density at radius 3 is 2.48 bits per heavy atom. The second-order valence-electron chi connectivity index (χ2n) is 6.48. The average Bonchev–Trinajstić information content (AvgIpc) is 2.62. The first-order valence-corrected chi connectivity index (χ1v) is 11.1. The molecule has 0 aromatic heterocycles. The van der Waals surface area contributed by atoms with Gasteiger partial charge in [0.15, 0.2) is 0 Å². The van der Waals surface area contributed by atoms with Crippen LogP contribution in [-0.2, 0) is 19.6 Å². The number of sulfonamides is 1. The van der Waals surface area contributed by atoms with Crippen molar-refractivity contribution in [3.63, 3.8) is 0 Å². The molecular formula is C20H23ClN2O5S. The van der Waals surface area contributed by atoms with Crippen LogP contribution in [0.15, 0.2) is 42.5 Å². The average molecular weight is 439 g/mol. The van der Waals surface area contributed by atoms with E-state index in [9.17, 15) is 18.0 Å². The lowest BCUT2D eigenvalue weighted by atomic mass is 10.2. The standard InChI is InChI=1S/C20H23ClN2O5S/c1-5-28-20(25)17-12-15(9-10-18(17)21)22-19(24)14(3)23(29(4,26)27)16-8-6-7-13(2)11-16/h6-12,14H,5H2,1-4H3,(H,22,24). The Bertz CT molecular complexity index is 1020. The Hall–Kier alpha value is -2.58. The molecule has 1 atom stereocenters. The molecule has 0 bridgehead atoms. The summed E-state index contributed by atoms with van der Waals surface area (Å²) in [7, 11) is -3.73. The summed E-state index contributed by atoms with van der Waals surface area (Å²) in [4.78, 5) is 24.8. The second kappa shape index (κ2) is 9.28. The first-order valence-electron chi connectivity index (χ1n) is 8.88. The van der Waals surface area contributed by atoms with Gasteiger partial charge >= 0.3 is 5.97 Å². The molecule has 29 heavy (non-hydrogen) atoms. The van der Waals surface area contributed by atoms with Crippen molar-refractivity contribution in [3.8, 4) is 0 Å². The van der Waals surface area contributed by atoms with Crippen LogP contribution in [0.4, 0.5) is 11.4 Å². The summed E-state index contributed by atoms with van der Waals surface area (Å²) < 4.78 is 30.7. The third-order valence-corrected chi connectivity index (χ3v) is 5.65. The van der Waals surface area contributed by atoms with E-state index in [1.54, 1.807) is 25.1 Å². The fourth-order valence-electron chi connectivity index (χ4n) is 2.79. The Kier molecular flexibility index (Phi) is 7.26. The van der Waals surface area contributed by atoms with E-state index in [-0.39, 0.29) is 17.2 Å². The highest BCUT2D eigenvalue weighted by atomic mass is 35.5. The lowest BCUT2D eigenvalue weighted by Crippen LogP contribution is -2.45. The van der Waals surface area contributed by atoms with E-state index >= 15 is 0 Å². The van der Waals surface area contributed by atoms with Crippen molar-refractivity contribution in [1.29, 1.82) is 0 Å². The van der Waals surface area contributed by atoms with Gasteiger partial charge in [-0.05, 0) is 56.7 Å². The molecule has 0 aliphatic heterocycles. The Balaban J connectivity index is 2.31. The van der Waals surface area contributed by atoms with Crippen LogP contribution in [0.3, 0.4) is 0 Å². The lowest BCUT2D eigenvalue weighted by molar-refractivity contribution is -0.116.